The summed E-state index contributed by atoms with van der Waals surface area (Å²) in [5, 5.41) is 0.573. The molecular formula is C25H16ClF3O3. The third kappa shape index (κ3) is 3.65. The van der Waals surface area contributed by atoms with Gasteiger partial charge in [-0.15, -0.1) is 8.78 Å². The number of fused-ring (bicyclic) bond motifs is 1. The minimum atomic E-state index is -3.79. The van der Waals surface area contributed by atoms with Crippen LogP contribution in [0.4, 0.5) is 13.2 Å². The van der Waals surface area contributed by atoms with Crippen LogP contribution in [0.25, 0.3) is 0 Å². The SMILES string of the molecule is O=C(C1=CC(c2ccc(Cl)cc2)CC1c1cccc2c1OC(F)(F)O2)c1ccccc1F. The summed E-state index contributed by atoms with van der Waals surface area (Å²) in [4.78, 5) is 13.4. The van der Waals surface area contributed by atoms with E-state index in [4.69, 9.17) is 16.3 Å². The van der Waals surface area contributed by atoms with Gasteiger partial charge in [0.05, 0.1) is 5.56 Å². The smallest absolute Gasteiger partial charge is 0.395 e. The lowest BCUT2D eigenvalue weighted by atomic mass is 9.86. The third-order valence-electron chi connectivity index (χ3n) is 5.76. The van der Waals surface area contributed by atoms with Crippen molar-refractivity contribution in [1.29, 1.82) is 0 Å². The number of alkyl halides is 2. The monoisotopic (exact) mass is 456 g/mol. The number of ketones is 1. The molecule has 7 heteroatoms. The number of carbonyl (C=O) groups excluding carboxylic acids is 1. The Hall–Kier alpha value is -3.25. The second-order valence-corrected chi connectivity index (χ2v) is 8.16. The molecule has 2 aliphatic rings. The standard InChI is InChI=1S/C25H16ClF3O3/c26-16-10-8-14(9-11-16)15-12-19(17-5-3-7-22-24(17)32-25(28,29)31-22)20(13-15)23(30)18-4-1-2-6-21(18)27/h1-11,13,15,19H,12H2. The number of allylic oxidation sites excluding steroid dienone is 2. The number of hydrogen-bond donors (Lipinski definition) is 0. The van der Waals surface area contributed by atoms with E-state index in [2.05, 4.69) is 4.74 Å². The molecule has 2 atom stereocenters. The molecule has 1 aliphatic heterocycles. The zero-order valence-electron chi connectivity index (χ0n) is 16.5. The molecule has 32 heavy (non-hydrogen) atoms. The Kier molecular flexibility index (Phi) is 4.97. The van der Waals surface area contributed by atoms with Gasteiger partial charge in [-0.1, -0.05) is 54.1 Å². The zero-order valence-corrected chi connectivity index (χ0v) is 17.3. The number of hydrogen-bond acceptors (Lipinski definition) is 3. The van der Waals surface area contributed by atoms with Crippen LogP contribution in [-0.4, -0.2) is 12.1 Å². The molecule has 2 unspecified atom stereocenters. The number of para-hydroxylation sites is 1. The number of benzene rings is 3. The molecule has 0 amide bonds. The van der Waals surface area contributed by atoms with Gasteiger partial charge in [0.25, 0.3) is 0 Å². The fourth-order valence-electron chi connectivity index (χ4n) is 4.32. The van der Waals surface area contributed by atoms with E-state index < -0.39 is 23.8 Å². The van der Waals surface area contributed by atoms with Gasteiger partial charge >= 0.3 is 6.29 Å². The van der Waals surface area contributed by atoms with E-state index in [0.717, 1.165) is 5.56 Å². The van der Waals surface area contributed by atoms with Crippen molar-refractivity contribution in [3.63, 3.8) is 0 Å². The molecule has 0 N–H and O–H groups in total. The molecule has 0 saturated carbocycles. The zero-order chi connectivity index (χ0) is 22.5. The Labute approximate surface area is 187 Å². The predicted molar refractivity (Wildman–Crippen MR) is 113 cm³/mol. The fourth-order valence-corrected chi connectivity index (χ4v) is 4.44. The van der Waals surface area contributed by atoms with Crippen LogP contribution < -0.4 is 9.47 Å². The molecule has 0 bridgehead atoms. The van der Waals surface area contributed by atoms with Gasteiger partial charge in [-0.3, -0.25) is 4.79 Å². The highest BCUT2D eigenvalue weighted by Gasteiger charge is 2.46. The summed E-state index contributed by atoms with van der Waals surface area (Å²) in [6.07, 6.45) is -1.59. The van der Waals surface area contributed by atoms with Crippen LogP contribution in [-0.2, 0) is 0 Å². The van der Waals surface area contributed by atoms with Crippen LogP contribution in [0.5, 0.6) is 11.5 Å². The van der Waals surface area contributed by atoms with Crippen molar-refractivity contribution in [2.75, 3.05) is 0 Å². The molecule has 1 heterocycles. The summed E-state index contributed by atoms with van der Waals surface area (Å²) >= 11 is 6.00. The first-order chi connectivity index (χ1) is 15.3. The van der Waals surface area contributed by atoms with Crippen LogP contribution in [0.1, 0.15) is 39.7 Å². The second kappa shape index (κ2) is 7.71. The van der Waals surface area contributed by atoms with Crippen molar-refractivity contribution in [2.45, 2.75) is 24.6 Å². The van der Waals surface area contributed by atoms with Crippen LogP contribution in [0.2, 0.25) is 5.02 Å². The highest BCUT2D eigenvalue weighted by molar-refractivity contribution is 6.30. The molecule has 3 aromatic carbocycles. The van der Waals surface area contributed by atoms with Gasteiger partial charge in [0.2, 0.25) is 0 Å². The van der Waals surface area contributed by atoms with Crippen LogP contribution in [0.3, 0.4) is 0 Å². The Balaban J connectivity index is 1.60. The summed E-state index contributed by atoms with van der Waals surface area (Å²) in [5.74, 6) is -2.12. The van der Waals surface area contributed by atoms with E-state index >= 15 is 0 Å². The molecule has 1 aliphatic carbocycles. The summed E-state index contributed by atoms with van der Waals surface area (Å²) in [5.41, 5.74) is 1.55. The van der Waals surface area contributed by atoms with E-state index in [1.54, 1.807) is 36.4 Å². The summed E-state index contributed by atoms with van der Waals surface area (Å²) in [6, 6.07) is 17.5. The molecular weight excluding hydrogens is 441 g/mol. The van der Waals surface area contributed by atoms with Crippen LogP contribution >= 0.6 is 11.6 Å². The van der Waals surface area contributed by atoms with E-state index in [1.165, 1.54) is 24.3 Å². The average molecular weight is 457 g/mol. The largest absolute Gasteiger partial charge is 0.586 e. The normalized spacial score (nSPS) is 20.8. The fraction of sp³-hybridized carbons (Fsp3) is 0.160. The van der Waals surface area contributed by atoms with E-state index in [1.807, 2.05) is 12.1 Å². The number of carbonyl (C=O) groups is 1. The van der Waals surface area contributed by atoms with Gasteiger partial charge in [0.1, 0.15) is 5.82 Å². The highest BCUT2D eigenvalue weighted by Crippen LogP contribution is 2.52. The number of ether oxygens (including phenoxy) is 2. The van der Waals surface area contributed by atoms with Crippen molar-refractivity contribution in [3.8, 4) is 11.5 Å². The molecule has 5 rings (SSSR count). The van der Waals surface area contributed by atoms with Crippen molar-refractivity contribution in [1.82, 2.24) is 0 Å². The maximum atomic E-state index is 14.4. The van der Waals surface area contributed by atoms with Crippen molar-refractivity contribution < 1.29 is 27.4 Å². The summed E-state index contributed by atoms with van der Waals surface area (Å²) in [7, 11) is 0. The molecule has 0 radical (unpaired) electrons. The van der Waals surface area contributed by atoms with Gasteiger partial charge in [0, 0.05) is 28.0 Å². The molecule has 0 fully saturated rings. The number of rotatable bonds is 4. The van der Waals surface area contributed by atoms with Crippen molar-refractivity contribution >= 4 is 17.4 Å². The Morgan fingerprint density at radius 2 is 1.72 bits per heavy atom. The second-order valence-electron chi connectivity index (χ2n) is 7.72. The minimum absolute atomic E-state index is 0.0735. The molecule has 0 aromatic heterocycles. The van der Waals surface area contributed by atoms with E-state index in [-0.39, 0.29) is 23.0 Å². The Bertz CT molecular complexity index is 1240. The third-order valence-corrected chi connectivity index (χ3v) is 6.01. The Morgan fingerprint density at radius 3 is 2.47 bits per heavy atom. The number of Topliss-reactive ketones (excluding diaryl/α,β-unsaturated/α-hetero) is 1. The van der Waals surface area contributed by atoms with Gasteiger partial charge in [-0.25, -0.2) is 4.39 Å². The number of halogens is 4. The lowest BCUT2D eigenvalue weighted by molar-refractivity contribution is -0.287. The highest BCUT2D eigenvalue weighted by atomic mass is 35.5. The van der Waals surface area contributed by atoms with Crippen molar-refractivity contribution in [2.24, 2.45) is 0 Å². The maximum Gasteiger partial charge on any atom is 0.586 e. The van der Waals surface area contributed by atoms with Crippen molar-refractivity contribution in [3.05, 3.63) is 106 Å². The topological polar surface area (TPSA) is 35.5 Å². The van der Waals surface area contributed by atoms with Gasteiger partial charge in [0.15, 0.2) is 17.3 Å². The molecule has 0 spiro atoms. The minimum Gasteiger partial charge on any atom is -0.395 e. The molecule has 0 saturated heterocycles. The van der Waals surface area contributed by atoms with E-state index in [0.29, 0.717) is 22.6 Å². The first-order valence-electron chi connectivity index (χ1n) is 9.97. The van der Waals surface area contributed by atoms with Crippen LogP contribution in [0.15, 0.2) is 78.4 Å². The quantitative estimate of drug-likeness (QED) is 0.401. The first-order valence-corrected chi connectivity index (χ1v) is 10.4. The van der Waals surface area contributed by atoms with Crippen LogP contribution in [0, 0.1) is 5.82 Å². The summed E-state index contributed by atoms with van der Waals surface area (Å²) < 4.78 is 51.3. The average Bonchev–Trinajstić information content (AvgIpc) is 3.33. The molecule has 3 aromatic rings. The van der Waals surface area contributed by atoms with Gasteiger partial charge < -0.3 is 9.47 Å². The maximum absolute atomic E-state index is 14.4. The van der Waals surface area contributed by atoms with Gasteiger partial charge in [-0.2, -0.15) is 0 Å². The molecule has 3 nitrogen and oxygen atoms in total. The lowest BCUT2D eigenvalue weighted by Gasteiger charge is -2.18. The first kappa shape index (κ1) is 20.6. The summed E-state index contributed by atoms with van der Waals surface area (Å²) in [6.45, 7) is 0. The Morgan fingerprint density at radius 1 is 0.969 bits per heavy atom. The van der Waals surface area contributed by atoms with E-state index in [9.17, 15) is 18.0 Å². The predicted octanol–water partition coefficient (Wildman–Crippen LogP) is 6.88. The molecule has 162 valence electrons. The van der Waals surface area contributed by atoms with Gasteiger partial charge in [-0.05, 0) is 42.3 Å². The lowest BCUT2D eigenvalue weighted by Crippen LogP contribution is -2.26.